The smallest absolute Gasteiger partial charge is 0.178 e. The summed E-state index contributed by atoms with van der Waals surface area (Å²) in [6.45, 7) is 9.83. The molecule has 0 aromatic carbocycles. The Balaban J connectivity index is 1.77. The highest BCUT2D eigenvalue weighted by Gasteiger charge is 2.57. The second-order valence-corrected chi connectivity index (χ2v) is 7.75. The number of hydrogen-bond donors (Lipinski definition) is 0. The highest BCUT2D eigenvalue weighted by Crippen LogP contribution is 2.61. The summed E-state index contributed by atoms with van der Waals surface area (Å²) in [5.41, 5.74) is 2.44. The Morgan fingerprint density at radius 2 is 2.10 bits per heavy atom. The standard InChI is InChI=1S/C19H24O2/c1-12-10-14-15(5-8-19(3)16(14)6-9-21-19)18(2)7-4-13(20)11-17(12)18/h4,7,11,14-16H,1,5-6,8-10H2,2-3H3/t14-,15+,16+,18-,19+/m1/s1. The Labute approximate surface area is 126 Å². The summed E-state index contributed by atoms with van der Waals surface area (Å²) < 4.78 is 6.10. The number of carbonyl (C=O) groups excluding carboxylic acids is 1. The molecule has 0 amide bonds. The number of hydrogen-bond acceptors (Lipinski definition) is 2. The van der Waals surface area contributed by atoms with Crippen LogP contribution in [0.2, 0.25) is 0 Å². The fraction of sp³-hybridized carbons (Fsp3) is 0.632. The van der Waals surface area contributed by atoms with E-state index in [2.05, 4.69) is 26.5 Å². The molecule has 3 fully saturated rings. The molecule has 2 nitrogen and oxygen atoms in total. The first-order chi connectivity index (χ1) is 9.94. The summed E-state index contributed by atoms with van der Waals surface area (Å²) in [7, 11) is 0. The fourth-order valence-electron chi connectivity index (χ4n) is 5.61. The molecular weight excluding hydrogens is 260 g/mol. The molecular formula is C19H24O2. The van der Waals surface area contributed by atoms with Gasteiger partial charge in [0, 0.05) is 12.0 Å². The number of allylic oxidation sites excluding steroid dienone is 5. The van der Waals surface area contributed by atoms with E-state index in [9.17, 15) is 4.79 Å². The number of fused-ring (bicyclic) bond motifs is 5. The normalized spacial score (nSPS) is 48.5. The molecule has 0 radical (unpaired) electrons. The van der Waals surface area contributed by atoms with E-state index in [0.29, 0.717) is 17.8 Å². The Morgan fingerprint density at radius 1 is 1.29 bits per heavy atom. The van der Waals surface area contributed by atoms with Crippen LogP contribution in [0.25, 0.3) is 0 Å². The van der Waals surface area contributed by atoms with Crippen LogP contribution in [0.1, 0.15) is 39.5 Å². The summed E-state index contributed by atoms with van der Waals surface area (Å²) in [6, 6.07) is 0. The molecule has 21 heavy (non-hydrogen) atoms. The third kappa shape index (κ3) is 1.72. The van der Waals surface area contributed by atoms with Gasteiger partial charge in [0.1, 0.15) is 0 Å². The maximum atomic E-state index is 11.8. The lowest BCUT2D eigenvalue weighted by Gasteiger charge is -2.55. The molecule has 3 aliphatic carbocycles. The lowest BCUT2D eigenvalue weighted by Crippen LogP contribution is -2.51. The second kappa shape index (κ2) is 4.19. The molecule has 2 saturated carbocycles. The first-order valence-electron chi connectivity index (χ1n) is 8.21. The molecule has 4 aliphatic rings. The van der Waals surface area contributed by atoms with Crippen molar-refractivity contribution < 1.29 is 9.53 Å². The van der Waals surface area contributed by atoms with Gasteiger partial charge in [-0.1, -0.05) is 25.2 Å². The largest absolute Gasteiger partial charge is 0.375 e. The summed E-state index contributed by atoms with van der Waals surface area (Å²) in [4.78, 5) is 11.8. The van der Waals surface area contributed by atoms with E-state index in [0.717, 1.165) is 19.4 Å². The van der Waals surface area contributed by atoms with Crippen molar-refractivity contribution >= 4 is 5.78 Å². The van der Waals surface area contributed by atoms with E-state index in [1.54, 1.807) is 6.08 Å². The SMILES string of the molecule is C=C1C[C@@H]2[C@H](CC[C@]3(C)OCC[C@@H]23)[C@@]2(C)C=CC(=O)C=C12. The summed E-state index contributed by atoms with van der Waals surface area (Å²) >= 11 is 0. The molecule has 2 heteroatoms. The van der Waals surface area contributed by atoms with E-state index in [1.165, 1.54) is 24.0 Å². The third-order valence-corrected chi connectivity index (χ3v) is 6.72. The highest BCUT2D eigenvalue weighted by atomic mass is 16.5. The quantitative estimate of drug-likeness (QED) is 0.675. The summed E-state index contributed by atoms with van der Waals surface area (Å²) in [5.74, 6) is 2.04. The van der Waals surface area contributed by atoms with Crippen LogP contribution in [0.4, 0.5) is 0 Å². The molecule has 0 bridgehead atoms. The van der Waals surface area contributed by atoms with E-state index < -0.39 is 0 Å². The molecule has 0 spiro atoms. The summed E-state index contributed by atoms with van der Waals surface area (Å²) in [5, 5.41) is 0. The van der Waals surface area contributed by atoms with E-state index in [4.69, 9.17) is 4.74 Å². The first-order valence-corrected chi connectivity index (χ1v) is 8.21. The average Bonchev–Trinajstić information content (AvgIpc) is 2.83. The van der Waals surface area contributed by atoms with Crippen LogP contribution in [-0.2, 0) is 9.53 Å². The fourth-order valence-corrected chi connectivity index (χ4v) is 5.61. The third-order valence-electron chi connectivity index (χ3n) is 6.72. The van der Waals surface area contributed by atoms with Crippen molar-refractivity contribution in [2.24, 2.45) is 23.2 Å². The van der Waals surface area contributed by atoms with Crippen molar-refractivity contribution in [3.05, 3.63) is 36.0 Å². The zero-order valence-corrected chi connectivity index (χ0v) is 13.0. The van der Waals surface area contributed by atoms with Gasteiger partial charge < -0.3 is 4.74 Å². The molecule has 0 aromatic heterocycles. The van der Waals surface area contributed by atoms with E-state index >= 15 is 0 Å². The minimum absolute atomic E-state index is 0.00215. The Hall–Kier alpha value is -1.15. The summed E-state index contributed by atoms with van der Waals surface area (Å²) in [6.07, 6.45) is 10.3. The maximum absolute atomic E-state index is 11.8. The van der Waals surface area contributed by atoms with Crippen LogP contribution >= 0.6 is 0 Å². The van der Waals surface area contributed by atoms with Crippen LogP contribution in [0.15, 0.2) is 36.0 Å². The highest BCUT2D eigenvalue weighted by molar-refractivity contribution is 6.01. The van der Waals surface area contributed by atoms with Crippen molar-refractivity contribution in [3.63, 3.8) is 0 Å². The number of rotatable bonds is 0. The van der Waals surface area contributed by atoms with Gasteiger partial charge in [-0.3, -0.25) is 4.79 Å². The van der Waals surface area contributed by atoms with Crippen molar-refractivity contribution in [3.8, 4) is 0 Å². The minimum Gasteiger partial charge on any atom is -0.375 e. The molecule has 4 rings (SSSR count). The van der Waals surface area contributed by atoms with Gasteiger partial charge in [-0.05, 0) is 68.1 Å². The lowest BCUT2D eigenvalue weighted by molar-refractivity contribution is -0.111. The molecule has 5 atom stereocenters. The average molecular weight is 284 g/mol. The minimum atomic E-state index is -0.00215. The first kappa shape index (κ1) is 13.5. The Kier molecular flexibility index (Phi) is 2.70. The maximum Gasteiger partial charge on any atom is 0.178 e. The molecule has 1 heterocycles. The van der Waals surface area contributed by atoms with Crippen LogP contribution < -0.4 is 0 Å². The molecule has 112 valence electrons. The van der Waals surface area contributed by atoms with Crippen molar-refractivity contribution in [2.75, 3.05) is 6.61 Å². The van der Waals surface area contributed by atoms with E-state index in [1.807, 2.05) is 6.08 Å². The van der Waals surface area contributed by atoms with Gasteiger partial charge in [-0.2, -0.15) is 0 Å². The predicted molar refractivity (Wildman–Crippen MR) is 82.8 cm³/mol. The lowest BCUT2D eigenvalue weighted by atomic mass is 9.49. The van der Waals surface area contributed by atoms with Crippen molar-refractivity contribution in [1.82, 2.24) is 0 Å². The van der Waals surface area contributed by atoms with Crippen molar-refractivity contribution in [2.45, 2.75) is 45.1 Å². The van der Waals surface area contributed by atoms with Crippen LogP contribution in [0, 0.1) is 23.2 Å². The Morgan fingerprint density at radius 3 is 2.90 bits per heavy atom. The molecule has 1 saturated heterocycles. The number of ether oxygens (including phenoxy) is 1. The molecule has 0 aromatic rings. The van der Waals surface area contributed by atoms with Gasteiger partial charge in [-0.25, -0.2) is 0 Å². The van der Waals surface area contributed by atoms with Crippen molar-refractivity contribution in [1.29, 1.82) is 0 Å². The molecule has 0 N–H and O–H groups in total. The zero-order valence-electron chi connectivity index (χ0n) is 13.0. The van der Waals surface area contributed by atoms with Gasteiger partial charge in [0.15, 0.2) is 5.78 Å². The number of carbonyl (C=O) groups is 1. The second-order valence-electron chi connectivity index (χ2n) is 7.75. The van der Waals surface area contributed by atoms with Crippen LogP contribution in [0.5, 0.6) is 0 Å². The topological polar surface area (TPSA) is 26.3 Å². The number of ketones is 1. The monoisotopic (exact) mass is 284 g/mol. The predicted octanol–water partition coefficient (Wildman–Crippen LogP) is 3.84. The molecule has 0 unspecified atom stereocenters. The van der Waals surface area contributed by atoms with Gasteiger partial charge in [0.05, 0.1) is 5.60 Å². The molecule has 1 aliphatic heterocycles. The van der Waals surface area contributed by atoms with Crippen LogP contribution in [-0.4, -0.2) is 18.0 Å². The van der Waals surface area contributed by atoms with E-state index in [-0.39, 0.29) is 16.8 Å². The van der Waals surface area contributed by atoms with Gasteiger partial charge in [-0.15, -0.1) is 0 Å². The van der Waals surface area contributed by atoms with Gasteiger partial charge >= 0.3 is 0 Å². The Bertz CT molecular complexity index is 584. The van der Waals surface area contributed by atoms with Gasteiger partial charge in [0.25, 0.3) is 0 Å². The zero-order chi connectivity index (χ0) is 14.8. The van der Waals surface area contributed by atoms with Crippen LogP contribution in [0.3, 0.4) is 0 Å². The van der Waals surface area contributed by atoms with Gasteiger partial charge in [0.2, 0.25) is 0 Å².